The van der Waals surface area contributed by atoms with E-state index in [0.717, 1.165) is 0 Å². The molecule has 0 aliphatic heterocycles. The molecule has 0 atom stereocenters. The number of ether oxygens (including phenoxy) is 1. The molecule has 1 rings (SSSR count). The zero-order valence-electron chi connectivity index (χ0n) is 9.74. The minimum Gasteiger partial charge on any atom is -0.396 e. The molecule has 2 N–H and O–H groups in total. The number of aliphatic hydroxyl groups excluding tert-OH is 1. The Morgan fingerprint density at radius 1 is 1.24 bits per heavy atom. The molecule has 98 valence electrons. The highest BCUT2D eigenvalue weighted by atomic mass is 32.2. The number of rotatable bonds is 5. The predicted molar refractivity (Wildman–Crippen MR) is 65.3 cm³/mol. The summed E-state index contributed by atoms with van der Waals surface area (Å²) in [6.45, 7) is 1.47. The Labute approximate surface area is 102 Å². The molecule has 0 radical (unpaired) electrons. The van der Waals surface area contributed by atoms with Crippen molar-refractivity contribution in [2.75, 3.05) is 19.5 Å². The van der Waals surface area contributed by atoms with Gasteiger partial charge in [-0.2, -0.15) is 8.42 Å². The van der Waals surface area contributed by atoms with E-state index in [0.29, 0.717) is 25.9 Å². The molecule has 0 aliphatic rings. The van der Waals surface area contributed by atoms with Crippen molar-refractivity contribution < 1.29 is 22.8 Å². The van der Waals surface area contributed by atoms with Crippen molar-refractivity contribution in [3.8, 4) is 0 Å². The molecular formula is C11H18O5S. The summed E-state index contributed by atoms with van der Waals surface area (Å²) in [6, 6.07) is 10.0. The predicted octanol–water partition coefficient (Wildman–Crippen LogP) is 1.09. The van der Waals surface area contributed by atoms with E-state index in [2.05, 4.69) is 0 Å². The lowest BCUT2D eigenvalue weighted by atomic mass is 10.2. The summed E-state index contributed by atoms with van der Waals surface area (Å²) < 4.78 is 31.2. The van der Waals surface area contributed by atoms with Crippen LogP contribution in [0.3, 0.4) is 0 Å². The van der Waals surface area contributed by atoms with Gasteiger partial charge >= 0.3 is 0 Å². The van der Waals surface area contributed by atoms with Gasteiger partial charge in [-0.05, 0) is 12.0 Å². The number of hydrogen-bond acceptors (Lipinski definition) is 4. The van der Waals surface area contributed by atoms with E-state index in [1.807, 2.05) is 30.3 Å². The third kappa shape index (κ3) is 15.1. The molecule has 5 nitrogen and oxygen atoms in total. The molecule has 0 saturated heterocycles. The van der Waals surface area contributed by atoms with E-state index >= 15 is 0 Å². The maximum atomic E-state index is 9.19. The van der Waals surface area contributed by atoms with Gasteiger partial charge in [0.2, 0.25) is 0 Å². The van der Waals surface area contributed by atoms with Crippen molar-refractivity contribution in [3.63, 3.8) is 0 Å². The molecule has 17 heavy (non-hydrogen) atoms. The fourth-order valence-electron chi connectivity index (χ4n) is 0.931. The van der Waals surface area contributed by atoms with Crippen molar-refractivity contribution in [1.82, 2.24) is 0 Å². The Kier molecular flexibility index (Phi) is 8.61. The lowest BCUT2D eigenvalue weighted by molar-refractivity contribution is 0.104. The van der Waals surface area contributed by atoms with Gasteiger partial charge in [0.1, 0.15) is 0 Å². The first-order chi connectivity index (χ1) is 7.93. The lowest BCUT2D eigenvalue weighted by Gasteiger charge is -2.01. The Balaban J connectivity index is 0.000000437. The second-order valence-corrected chi connectivity index (χ2v) is 4.81. The molecule has 0 fully saturated rings. The molecule has 0 unspecified atom stereocenters. The molecule has 0 saturated carbocycles. The Hall–Kier alpha value is -0.950. The average Bonchev–Trinajstić information content (AvgIpc) is 2.24. The third-order valence-electron chi connectivity index (χ3n) is 1.56. The molecule has 0 bridgehead atoms. The molecular weight excluding hydrogens is 244 g/mol. The van der Waals surface area contributed by atoms with E-state index in [4.69, 9.17) is 14.4 Å². The molecule has 1 aromatic rings. The maximum absolute atomic E-state index is 9.19. The molecule has 1 aromatic carbocycles. The van der Waals surface area contributed by atoms with Gasteiger partial charge in [0, 0.05) is 13.2 Å². The monoisotopic (exact) mass is 262 g/mol. The lowest BCUT2D eigenvalue weighted by Crippen LogP contribution is -1.97. The second-order valence-electron chi connectivity index (χ2n) is 3.35. The van der Waals surface area contributed by atoms with Crippen LogP contribution in [0.5, 0.6) is 0 Å². The van der Waals surface area contributed by atoms with Crippen molar-refractivity contribution >= 4 is 10.1 Å². The first-order valence-electron chi connectivity index (χ1n) is 5.08. The van der Waals surface area contributed by atoms with E-state index in [1.54, 1.807) is 0 Å². The fraction of sp³-hybridized carbons (Fsp3) is 0.455. The Morgan fingerprint density at radius 2 is 1.76 bits per heavy atom. The summed E-state index contributed by atoms with van der Waals surface area (Å²) >= 11 is 0. The standard InChI is InChI=1S/C10H14O2.CH4O3S/c11-7-4-8-12-9-10-5-2-1-3-6-10;1-5(2,3)4/h1-3,5-6,11H,4,7-9H2;1H3,(H,2,3,4). The van der Waals surface area contributed by atoms with Crippen molar-refractivity contribution in [3.05, 3.63) is 35.9 Å². The van der Waals surface area contributed by atoms with E-state index in [9.17, 15) is 8.42 Å². The highest BCUT2D eigenvalue weighted by Crippen LogP contribution is 2.00. The van der Waals surface area contributed by atoms with Gasteiger partial charge in [0.05, 0.1) is 12.9 Å². The molecule has 0 aromatic heterocycles. The van der Waals surface area contributed by atoms with Crippen LogP contribution in [0.25, 0.3) is 0 Å². The smallest absolute Gasteiger partial charge is 0.261 e. The van der Waals surface area contributed by atoms with Crippen LogP contribution in [-0.2, 0) is 21.5 Å². The molecule has 6 heteroatoms. The van der Waals surface area contributed by atoms with Crippen molar-refractivity contribution in [2.45, 2.75) is 13.0 Å². The van der Waals surface area contributed by atoms with Crippen LogP contribution < -0.4 is 0 Å². The van der Waals surface area contributed by atoms with E-state index < -0.39 is 10.1 Å². The van der Waals surface area contributed by atoms with E-state index in [-0.39, 0.29) is 6.61 Å². The molecule has 0 amide bonds. The van der Waals surface area contributed by atoms with Crippen LogP contribution in [-0.4, -0.2) is 37.5 Å². The zero-order chi connectivity index (χ0) is 13.1. The molecule has 0 heterocycles. The summed E-state index contributed by atoms with van der Waals surface area (Å²) in [5.74, 6) is 0. The van der Waals surface area contributed by atoms with Crippen LogP contribution in [0.15, 0.2) is 30.3 Å². The number of benzene rings is 1. The highest BCUT2D eigenvalue weighted by molar-refractivity contribution is 7.85. The van der Waals surface area contributed by atoms with Gasteiger partial charge in [0.25, 0.3) is 10.1 Å². The van der Waals surface area contributed by atoms with Gasteiger partial charge in [-0.25, -0.2) is 0 Å². The van der Waals surface area contributed by atoms with Crippen LogP contribution >= 0.6 is 0 Å². The van der Waals surface area contributed by atoms with Crippen LogP contribution in [0.2, 0.25) is 0 Å². The minimum absolute atomic E-state index is 0.203. The van der Waals surface area contributed by atoms with Gasteiger partial charge < -0.3 is 9.84 Å². The molecule has 0 aliphatic carbocycles. The summed E-state index contributed by atoms with van der Waals surface area (Å²) in [5, 5.41) is 8.48. The summed E-state index contributed by atoms with van der Waals surface area (Å²) in [6.07, 6.45) is 1.43. The first-order valence-corrected chi connectivity index (χ1v) is 6.93. The average molecular weight is 262 g/mol. The van der Waals surface area contributed by atoms with E-state index in [1.165, 1.54) is 5.56 Å². The summed E-state index contributed by atoms with van der Waals surface area (Å²) in [7, 11) is -3.67. The van der Waals surface area contributed by atoms with Gasteiger partial charge in [-0.15, -0.1) is 0 Å². The van der Waals surface area contributed by atoms with Gasteiger partial charge in [0.15, 0.2) is 0 Å². The van der Waals surface area contributed by atoms with Crippen molar-refractivity contribution in [1.29, 1.82) is 0 Å². The normalized spacial score (nSPS) is 10.5. The number of hydrogen-bond donors (Lipinski definition) is 2. The zero-order valence-corrected chi connectivity index (χ0v) is 10.6. The Morgan fingerprint density at radius 3 is 2.24 bits per heavy atom. The van der Waals surface area contributed by atoms with Crippen LogP contribution in [0, 0.1) is 0 Å². The minimum atomic E-state index is -3.67. The third-order valence-corrected chi connectivity index (χ3v) is 1.56. The number of aliphatic hydroxyl groups is 1. The topological polar surface area (TPSA) is 83.8 Å². The largest absolute Gasteiger partial charge is 0.396 e. The van der Waals surface area contributed by atoms with Gasteiger partial charge in [-0.3, -0.25) is 4.55 Å². The summed E-state index contributed by atoms with van der Waals surface area (Å²) in [4.78, 5) is 0. The first kappa shape index (κ1) is 16.1. The van der Waals surface area contributed by atoms with Gasteiger partial charge in [-0.1, -0.05) is 30.3 Å². The second kappa shape index (κ2) is 9.12. The molecule has 0 spiro atoms. The highest BCUT2D eigenvalue weighted by Gasteiger charge is 1.90. The SMILES string of the molecule is CS(=O)(=O)O.OCCCOCc1ccccc1. The van der Waals surface area contributed by atoms with Crippen molar-refractivity contribution in [2.24, 2.45) is 0 Å². The fourth-order valence-corrected chi connectivity index (χ4v) is 0.931. The summed E-state index contributed by atoms with van der Waals surface area (Å²) in [5.41, 5.74) is 1.18. The van der Waals surface area contributed by atoms with Crippen LogP contribution in [0.1, 0.15) is 12.0 Å². The maximum Gasteiger partial charge on any atom is 0.261 e. The quantitative estimate of drug-likeness (QED) is 0.613. The Bertz CT molecular complexity index is 366. The van der Waals surface area contributed by atoms with Crippen LogP contribution in [0.4, 0.5) is 0 Å².